The van der Waals surface area contributed by atoms with Crippen LogP contribution >= 0.6 is 0 Å². The van der Waals surface area contributed by atoms with Crippen LogP contribution in [-0.4, -0.2) is 45.9 Å². The standard InChI is InChI=1S/CH3.Li.H4O4Si/c;;1-5(2,3)4/h1H3;;1-4H. The molecule has 0 bridgehead atoms. The van der Waals surface area contributed by atoms with Crippen LogP contribution in [0.5, 0.6) is 0 Å². The number of rotatable bonds is 0. The third-order valence-electron chi connectivity index (χ3n) is 0. The van der Waals surface area contributed by atoms with E-state index in [4.69, 9.17) is 19.2 Å². The van der Waals surface area contributed by atoms with Crippen LogP contribution in [0.25, 0.3) is 0 Å². The van der Waals surface area contributed by atoms with Crippen LogP contribution in [0.1, 0.15) is 0 Å². The summed E-state index contributed by atoms with van der Waals surface area (Å²) in [5.41, 5.74) is 2.00. The molecule has 0 aromatic rings. The normalized spacial score (nSPS) is 9.57. The Hall–Kier alpha value is 0.654. The summed E-state index contributed by atoms with van der Waals surface area (Å²) in [6.07, 6.45) is 0. The molecule has 0 heterocycles. The van der Waals surface area contributed by atoms with E-state index >= 15 is 0 Å². The van der Waals surface area contributed by atoms with E-state index < -0.39 is 9.05 Å². The molecule has 0 rings (SSSR count). The average Bonchev–Trinajstić information content (AvgIpc) is 1.36. The first-order valence-corrected chi connectivity index (χ1v) is 3.68. The molecule has 0 radical (unpaired) electrons. The van der Waals surface area contributed by atoms with Crippen molar-refractivity contribution in [3.63, 3.8) is 0 Å². The second kappa shape index (κ2) is 4.80. The molecule has 0 aliphatic rings. The minimum absolute atomic E-state index is 2.00. The molecule has 0 aromatic heterocycles. The number of hydrogen-bond donors (Lipinski definition) is 4. The van der Waals surface area contributed by atoms with E-state index in [2.05, 4.69) is 0 Å². The molecular weight excluding hydrogens is 111 g/mol. The molecule has 4 N–H and O–H groups in total. The van der Waals surface area contributed by atoms with E-state index in [1.807, 2.05) is 23.3 Å². The Labute approximate surface area is 52.1 Å². The van der Waals surface area contributed by atoms with Crippen LogP contribution in [0.2, 0.25) is 5.60 Å². The molecule has 0 fully saturated rings. The van der Waals surface area contributed by atoms with Crippen LogP contribution in [0, 0.1) is 0 Å². The molecule has 0 amide bonds. The zero-order valence-electron chi connectivity index (χ0n) is 4.29. The van der Waals surface area contributed by atoms with Gasteiger partial charge in [0.15, 0.2) is 0 Å². The minimum atomic E-state index is -4.61. The molecule has 0 aliphatic carbocycles. The molecular formula is CH7LiO4Si. The van der Waals surface area contributed by atoms with Crippen molar-refractivity contribution in [2.24, 2.45) is 0 Å². The molecule has 7 heavy (non-hydrogen) atoms. The molecule has 0 aromatic carbocycles. The van der Waals surface area contributed by atoms with Crippen molar-refractivity contribution < 1.29 is 19.2 Å². The molecule has 40 valence electrons. The second-order valence-corrected chi connectivity index (χ2v) is 1.80. The summed E-state index contributed by atoms with van der Waals surface area (Å²) >= 11 is 2.00. The molecule has 0 aliphatic heterocycles. The zero-order valence-corrected chi connectivity index (χ0v) is 5.29. The van der Waals surface area contributed by atoms with Crippen molar-refractivity contribution in [2.75, 3.05) is 0 Å². The van der Waals surface area contributed by atoms with Gasteiger partial charge in [-0.25, -0.2) is 0 Å². The van der Waals surface area contributed by atoms with E-state index in [1.54, 1.807) is 0 Å². The van der Waals surface area contributed by atoms with Crippen molar-refractivity contribution in [3.05, 3.63) is 0 Å². The Morgan fingerprint density at radius 2 is 1.00 bits per heavy atom. The van der Waals surface area contributed by atoms with E-state index in [0.29, 0.717) is 0 Å². The summed E-state index contributed by atoms with van der Waals surface area (Å²) in [5, 5.41) is 0. The van der Waals surface area contributed by atoms with E-state index in [-0.39, 0.29) is 0 Å². The summed E-state index contributed by atoms with van der Waals surface area (Å²) < 4.78 is 0. The summed E-state index contributed by atoms with van der Waals surface area (Å²) in [5.74, 6) is 0. The van der Waals surface area contributed by atoms with Gasteiger partial charge in [0.05, 0.1) is 0 Å². The predicted molar refractivity (Wildman–Crippen MR) is 26.2 cm³/mol. The van der Waals surface area contributed by atoms with Crippen LogP contribution in [-0.2, 0) is 0 Å². The van der Waals surface area contributed by atoms with Crippen LogP contribution in [0.3, 0.4) is 0 Å². The Bertz CT molecular complexity index is 27.2. The molecule has 0 saturated carbocycles. The first-order chi connectivity index (χ1) is 3.00. The van der Waals surface area contributed by atoms with Gasteiger partial charge in [0, 0.05) is 0 Å². The van der Waals surface area contributed by atoms with Crippen LogP contribution < -0.4 is 0 Å². The maximum atomic E-state index is 7.33. The van der Waals surface area contributed by atoms with Crippen molar-refractivity contribution in [1.29, 1.82) is 0 Å². The van der Waals surface area contributed by atoms with Gasteiger partial charge in [0.25, 0.3) is 0 Å². The average molecular weight is 118 g/mol. The molecule has 0 unspecified atom stereocenters. The molecule has 4 nitrogen and oxygen atoms in total. The van der Waals surface area contributed by atoms with Gasteiger partial charge >= 0.3 is 32.4 Å². The quantitative estimate of drug-likeness (QED) is 0.267. The van der Waals surface area contributed by atoms with Gasteiger partial charge in [-0.05, 0) is 0 Å². The van der Waals surface area contributed by atoms with E-state index in [1.165, 1.54) is 0 Å². The second-order valence-electron chi connectivity index (χ2n) is 0.600. The fourth-order valence-corrected chi connectivity index (χ4v) is 0. The van der Waals surface area contributed by atoms with Crippen LogP contribution in [0.4, 0.5) is 0 Å². The first-order valence-electron chi connectivity index (χ1n) is 1.89. The van der Waals surface area contributed by atoms with Gasteiger partial charge in [0.1, 0.15) is 0 Å². The summed E-state index contributed by atoms with van der Waals surface area (Å²) in [6, 6.07) is 0. The predicted octanol–water partition coefficient (Wildman–Crippen LogP) is -2.41. The molecule has 0 spiro atoms. The monoisotopic (exact) mass is 118 g/mol. The van der Waals surface area contributed by atoms with Gasteiger partial charge in [-0.15, -0.1) is 0 Å². The van der Waals surface area contributed by atoms with Crippen molar-refractivity contribution in [3.8, 4) is 0 Å². The fourth-order valence-electron chi connectivity index (χ4n) is 0. The fraction of sp³-hybridized carbons (Fsp3) is 1.00. The van der Waals surface area contributed by atoms with Crippen molar-refractivity contribution >= 4 is 26.8 Å². The SMILES string of the molecule is O[Si](O)(O)O.[Li][CH3]. The first kappa shape index (κ1) is 10.6. The molecule has 0 atom stereocenters. The molecule has 6 heteroatoms. The van der Waals surface area contributed by atoms with E-state index in [9.17, 15) is 0 Å². The summed E-state index contributed by atoms with van der Waals surface area (Å²) in [6.45, 7) is 0. The third kappa shape index (κ3) is 337. The van der Waals surface area contributed by atoms with Gasteiger partial charge in [0.2, 0.25) is 0 Å². The Morgan fingerprint density at radius 3 is 1.00 bits per heavy atom. The summed E-state index contributed by atoms with van der Waals surface area (Å²) in [4.78, 5) is 29.3. The third-order valence-corrected chi connectivity index (χ3v) is 0. The van der Waals surface area contributed by atoms with Gasteiger partial charge in [-0.1, -0.05) is 0 Å². The van der Waals surface area contributed by atoms with Crippen molar-refractivity contribution in [2.45, 2.75) is 5.60 Å². The Kier molecular flexibility index (Phi) is 7.28. The maximum absolute atomic E-state index is 7.33. The Balaban J connectivity index is 0. The molecule has 0 saturated heterocycles. The van der Waals surface area contributed by atoms with Crippen molar-refractivity contribution in [1.82, 2.24) is 0 Å². The van der Waals surface area contributed by atoms with Gasteiger partial charge < -0.3 is 19.2 Å². The Morgan fingerprint density at radius 1 is 1.00 bits per heavy atom. The van der Waals surface area contributed by atoms with Gasteiger partial charge in [-0.2, -0.15) is 0 Å². The van der Waals surface area contributed by atoms with Gasteiger partial charge in [-0.3, -0.25) is 0 Å². The van der Waals surface area contributed by atoms with E-state index in [0.717, 1.165) is 0 Å². The topological polar surface area (TPSA) is 80.9 Å². The summed E-state index contributed by atoms with van der Waals surface area (Å²) in [7, 11) is -4.61. The van der Waals surface area contributed by atoms with Crippen LogP contribution in [0.15, 0.2) is 0 Å². The zero-order chi connectivity index (χ0) is 6.50. The number of hydrogen-bond acceptors (Lipinski definition) is 4.